The number of aromatic nitrogens is 4. The fourth-order valence-corrected chi connectivity index (χ4v) is 11.3. The molecule has 0 spiro atoms. The number of carbonyl (C=O) groups is 1. The summed E-state index contributed by atoms with van der Waals surface area (Å²) in [5.74, 6) is 0.460. The fraction of sp³-hybridized carbons (Fsp3) is 0.500. The fourth-order valence-electron chi connectivity index (χ4n) is 9.77. The Morgan fingerprint density at radius 1 is 1.10 bits per heavy atom. The first-order chi connectivity index (χ1) is 25.2. The number of aryl methyl sites for hydroxylation is 1. The molecule has 0 bridgehead atoms. The SMILES string of the molecule is COC(=O)N[C@H]1CCC[C@@H]1[C@](c1cccc(F)c1)(C1CCN(CC2CN(c3ccc(S(=O)(=O)c4cnn(C)c4)c4c3CNC4)C2)CC1)n1ccnc1. The van der Waals surface area contributed by atoms with E-state index in [2.05, 4.69) is 35.1 Å². The Labute approximate surface area is 304 Å². The molecule has 12 nitrogen and oxygen atoms in total. The van der Waals surface area contributed by atoms with Crippen molar-refractivity contribution >= 4 is 21.6 Å². The summed E-state index contributed by atoms with van der Waals surface area (Å²) in [5, 5.41) is 10.6. The van der Waals surface area contributed by atoms with Crippen LogP contribution in [-0.2, 0) is 40.3 Å². The number of benzene rings is 2. The summed E-state index contributed by atoms with van der Waals surface area (Å²) in [6.07, 6.45) is 12.7. The summed E-state index contributed by atoms with van der Waals surface area (Å²) in [6.45, 7) is 5.87. The summed E-state index contributed by atoms with van der Waals surface area (Å²) >= 11 is 0. The van der Waals surface area contributed by atoms with Crippen molar-refractivity contribution < 1.29 is 22.3 Å². The van der Waals surface area contributed by atoms with Gasteiger partial charge >= 0.3 is 6.09 Å². The van der Waals surface area contributed by atoms with Gasteiger partial charge in [0.1, 0.15) is 10.7 Å². The molecule has 2 saturated heterocycles. The third-order valence-corrected chi connectivity index (χ3v) is 13.9. The molecule has 1 saturated carbocycles. The minimum absolute atomic E-state index is 0.0290. The number of sulfone groups is 1. The predicted octanol–water partition coefficient (Wildman–Crippen LogP) is 4.31. The molecule has 276 valence electrons. The molecule has 0 unspecified atom stereocenters. The zero-order valence-corrected chi connectivity index (χ0v) is 30.6. The van der Waals surface area contributed by atoms with Crippen molar-refractivity contribution in [3.8, 4) is 0 Å². The topological polar surface area (TPSA) is 127 Å². The van der Waals surface area contributed by atoms with Crippen molar-refractivity contribution in [3.05, 3.63) is 90.0 Å². The van der Waals surface area contributed by atoms with E-state index in [1.165, 1.54) is 24.1 Å². The number of ether oxygens (including phenoxy) is 1. The zero-order valence-electron chi connectivity index (χ0n) is 29.7. The smallest absolute Gasteiger partial charge is 0.407 e. The molecule has 14 heteroatoms. The molecule has 0 radical (unpaired) electrons. The summed E-state index contributed by atoms with van der Waals surface area (Å²) in [5.41, 5.74) is 3.38. The molecule has 5 heterocycles. The lowest BCUT2D eigenvalue weighted by atomic mass is 9.64. The van der Waals surface area contributed by atoms with E-state index in [4.69, 9.17) is 4.74 Å². The van der Waals surface area contributed by atoms with Crippen LogP contribution in [0.5, 0.6) is 0 Å². The van der Waals surface area contributed by atoms with Crippen LogP contribution >= 0.6 is 0 Å². The van der Waals surface area contributed by atoms with E-state index in [9.17, 15) is 13.2 Å². The Morgan fingerprint density at radius 3 is 2.62 bits per heavy atom. The van der Waals surface area contributed by atoms with Crippen molar-refractivity contribution in [2.45, 2.75) is 66.6 Å². The lowest BCUT2D eigenvalue weighted by Crippen LogP contribution is -2.57. The first-order valence-electron chi connectivity index (χ1n) is 18.3. The van der Waals surface area contributed by atoms with Crippen molar-refractivity contribution in [3.63, 3.8) is 0 Å². The number of imidazole rings is 1. The van der Waals surface area contributed by atoms with Gasteiger partial charge in [-0.3, -0.25) is 4.68 Å². The number of halogens is 1. The van der Waals surface area contributed by atoms with E-state index < -0.39 is 21.5 Å². The maximum atomic E-state index is 15.0. The number of methoxy groups -OCH3 is 1. The van der Waals surface area contributed by atoms with Gasteiger partial charge < -0.3 is 29.7 Å². The predicted molar refractivity (Wildman–Crippen MR) is 193 cm³/mol. The highest BCUT2D eigenvalue weighted by atomic mass is 32.2. The van der Waals surface area contributed by atoms with E-state index in [0.717, 1.165) is 87.2 Å². The average molecular weight is 731 g/mol. The molecule has 3 aliphatic heterocycles. The number of rotatable bonds is 10. The Kier molecular flexibility index (Phi) is 9.33. The van der Waals surface area contributed by atoms with E-state index >= 15 is 4.39 Å². The monoisotopic (exact) mass is 730 g/mol. The van der Waals surface area contributed by atoms with Crippen LogP contribution in [0.3, 0.4) is 0 Å². The minimum atomic E-state index is -3.67. The number of hydrogen-bond donors (Lipinski definition) is 2. The third kappa shape index (κ3) is 6.07. The molecule has 1 aliphatic carbocycles. The summed E-state index contributed by atoms with van der Waals surface area (Å²) in [4.78, 5) is 22.5. The van der Waals surface area contributed by atoms with Crippen LogP contribution in [0.15, 0.2) is 77.3 Å². The van der Waals surface area contributed by atoms with Crippen LogP contribution in [-0.4, -0.2) is 84.6 Å². The van der Waals surface area contributed by atoms with Crippen LogP contribution < -0.4 is 15.5 Å². The standard InChI is InChI=1S/C38H47FN8O4S/c1-44-24-30(18-42-44)52(49,50)36-10-9-35(31-19-41-20-32(31)36)46-22-26(23-46)21-45-14-11-27(12-15-45)38(47-16-13-40-25-47,28-5-3-6-29(39)17-28)33-7-4-8-34(33)43-37(48)51-2/h3,5-6,9-10,13,16-18,24-27,33-34,41H,4,7-8,11-12,14-15,19-23H2,1-2H3,(H,43,48)/t33-,34-,38+/m0/s1. The van der Waals surface area contributed by atoms with E-state index in [-0.39, 0.29) is 28.6 Å². The average Bonchev–Trinajstić information content (AvgIpc) is 3.96. The Bertz CT molecular complexity index is 2020. The van der Waals surface area contributed by atoms with Crippen LogP contribution in [0.1, 0.15) is 48.8 Å². The number of nitrogens with zero attached hydrogens (tertiary/aromatic N) is 6. The van der Waals surface area contributed by atoms with Gasteiger partial charge in [0.15, 0.2) is 0 Å². The van der Waals surface area contributed by atoms with Gasteiger partial charge in [-0.1, -0.05) is 18.6 Å². The molecule has 3 fully saturated rings. The first kappa shape index (κ1) is 34.8. The molecule has 2 aromatic carbocycles. The molecule has 52 heavy (non-hydrogen) atoms. The number of piperidine rings is 1. The largest absolute Gasteiger partial charge is 0.453 e. The first-order valence-corrected chi connectivity index (χ1v) is 19.8. The maximum Gasteiger partial charge on any atom is 0.407 e. The van der Waals surface area contributed by atoms with Crippen molar-refractivity contribution in [2.75, 3.05) is 44.7 Å². The molecule has 2 N–H and O–H groups in total. The highest BCUT2D eigenvalue weighted by Gasteiger charge is 2.53. The second kappa shape index (κ2) is 13.9. The third-order valence-electron chi connectivity index (χ3n) is 12.1. The Morgan fingerprint density at radius 2 is 1.90 bits per heavy atom. The van der Waals surface area contributed by atoms with Crippen LogP contribution in [0.4, 0.5) is 14.9 Å². The van der Waals surface area contributed by atoms with E-state index in [1.807, 2.05) is 24.7 Å². The molecule has 4 aliphatic rings. The van der Waals surface area contributed by atoms with Gasteiger partial charge in [-0.25, -0.2) is 22.6 Å². The number of amides is 1. The number of nitrogens with one attached hydrogen (secondary N) is 2. The van der Waals surface area contributed by atoms with Gasteiger partial charge in [0.25, 0.3) is 0 Å². The summed E-state index contributed by atoms with van der Waals surface area (Å²) < 4.78 is 50.7. The van der Waals surface area contributed by atoms with Crippen molar-refractivity contribution in [2.24, 2.45) is 24.8 Å². The Balaban J connectivity index is 0.976. The highest BCUT2D eigenvalue weighted by molar-refractivity contribution is 7.91. The molecular weight excluding hydrogens is 684 g/mol. The zero-order chi connectivity index (χ0) is 36.0. The number of alkyl carbamates (subject to hydrolysis) is 1. The van der Waals surface area contributed by atoms with Gasteiger partial charge in [-0.05, 0) is 85.6 Å². The summed E-state index contributed by atoms with van der Waals surface area (Å²) in [7, 11) is -0.555. The quantitative estimate of drug-likeness (QED) is 0.246. The second-order valence-corrected chi connectivity index (χ2v) is 16.8. The van der Waals surface area contributed by atoms with Gasteiger partial charge in [0, 0.05) is 81.9 Å². The second-order valence-electron chi connectivity index (χ2n) is 14.9. The molecular formula is C38H47FN8O4S. The van der Waals surface area contributed by atoms with Crippen LogP contribution in [0.2, 0.25) is 0 Å². The van der Waals surface area contributed by atoms with Crippen LogP contribution in [0.25, 0.3) is 0 Å². The molecule has 3 atom stereocenters. The van der Waals surface area contributed by atoms with Crippen molar-refractivity contribution in [1.82, 2.24) is 34.9 Å². The number of fused-ring (bicyclic) bond motifs is 1. The molecule has 8 rings (SSSR count). The van der Waals surface area contributed by atoms with Gasteiger partial charge in [0.05, 0.1) is 30.1 Å². The number of carbonyl (C=O) groups excluding carboxylic acids is 1. The van der Waals surface area contributed by atoms with E-state index in [1.54, 1.807) is 37.6 Å². The van der Waals surface area contributed by atoms with Gasteiger partial charge in [0.2, 0.25) is 9.84 Å². The summed E-state index contributed by atoms with van der Waals surface area (Å²) in [6, 6.07) is 10.6. The van der Waals surface area contributed by atoms with Gasteiger partial charge in [-0.2, -0.15) is 5.10 Å². The normalized spacial score (nSPS) is 22.6. The van der Waals surface area contributed by atoms with E-state index in [0.29, 0.717) is 23.9 Å². The van der Waals surface area contributed by atoms with Crippen LogP contribution in [0, 0.1) is 23.6 Å². The van der Waals surface area contributed by atoms with Crippen molar-refractivity contribution in [1.29, 1.82) is 0 Å². The number of hydrogen-bond acceptors (Lipinski definition) is 9. The van der Waals surface area contributed by atoms with Gasteiger partial charge in [-0.15, -0.1) is 0 Å². The highest BCUT2D eigenvalue weighted by Crippen LogP contribution is 2.51. The lowest BCUT2D eigenvalue weighted by molar-refractivity contribution is 0.0469. The maximum absolute atomic E-state index is 15.0. The minimum Gasteiger partial charge on any atom is -0.453 e. The lowest BCUT2D eigenvalue weighted by Gasteiger charge is -2.52. The molecule has 1 amide bonds. The number of likely N-dealkylation sites (tertiary alicyclic amines) is 1. The number of anilines is 1. The molecule has 4 aromatic rings. The Hall–Kier alpha value is -4.27. The molecule has 2 aromatic heterocycles.